The van der Waals surface area contributed by atoms with Gasteiger partial charge in [0.15, 0.2) is 0 Å². The first-order valence-electron chi connectivity index (χ1n) is 12.6. The van der Waals surface area contributed by atoms with Crippen LogP contribution in [0.15, 0.2) is 24.3 Å². The van der Waals surface area contributed by atoms with E-state index >= 15 is 0 Å². The molecule has 5 saturated carbocycles. The largest absolute Gasteiger partial charge is 0.490 e. The number of anilines is 1. The Morgan fingerprint density at radius 2 is 1.87 bits per heavy atom. The van der Waals surface area contributed by atoms with Crippen LogP contribution in [0.1, 0.15) is 64.2 Å². The van der Waals surface area contributed by atoms with E-state index in [1.54, 1.807) is 0 Å². The maximum atomic E-state index is 13.4. The molecule has 4 bridgehead atoms. The molecule has 6 fully saturated rings. The van der Waals surface area contributed by atoms with Crippen molar-refractivity contribution in [3.63, 3.8) is 0 Å². The molecule has 1 aliphatic heterocycles. The Hall–Kier alpha value is -1.75. The molecule has 5 unspecified atom stereocenters. The zero-order valence-electron chi connectivity index (χ0n) is 18.5. The summed E-state index contributed by atoms with van der Waals surface area (Å²) in [5.74, 6) is 2.42. The van der Waals surface area contributed by atoms with Crippen LogP contribution < -0.4 is 15.0 Å². The van der Waals surface area contributed by atoms with E-state index < -0.39 is 0 Å². The van der Waals surface area contributed by atoms with Gasteiger partial charge in [-0.3, -0.25) is 4.79 Å². The molecule has 5 nitrogen and oxygen atoms in total. The van der Waals surface area contributed by atoms with Gasteiger partial charge >= 0.3 is 0 Å². The molecule has 1 saturated heterocycles. The maximum absolute atomic E-state index is 13.4. The lowest BCUT2D eigenvalue weighted by Gasteiger charge is -2.38. The molecular weight excluding hydrogens is 388 g/mol. The van der Waals surface area contributed by atoms with Crippen molar-refractivity contribution < 1.29 is 14.6 Å². The number of benzene rings is 1. The molecule has 5 aliphatic carbocycles. The second-order valence-corrected chi connectivity index (χ2v) is 11.0. The Morgan fingerprint density at radius 1 is 1.06 bits per heavy atom. The van der Waals surface area contributed by atoms with E-state index in [1.165, 1.54) is 31.4 Å². The molecule has 6 atom stereocenters. The monoisotopic (exact) mass is 424 g/mol. The number of piperidine rings is 1. The number of ether oxygens (including phenoxy) is 1. The third-order valence-electron chi connectivity index (χ3n) is 9.12. The van der Waals surface area contributed by atoms with E-state index in [0.717, 1.165) is 57.4 Å². The highest BCUT2D eigenvalue weighted by Gasteiger charge is 2.65. The number of nitrogens with one attached hydrogen (secondary N) is 1. The van der Waals surface area contributed by atoms with Crippen molar-refractivity contribution in [3.05, 3.63) is 24.3 Å². The second kappa shape index (κ2) is 7.68. The summed E-state index contributed by atoms with van der Waals surface area (Å²) in [6.45, 7) is 1.90. The van der Waals surface area contributed by atoms with E-state index in [2.05, 4.69) is 34.5 Å². The van der Waals surface area contributed by atoms with Crippen LogP contribution in [-0.2, 0) is 4.79 Å². The highest BCUT2D eigenvalue weighted by atomic mass is 16.5. The van der Waals surface area contributed by atoms with Gasteiger partial charge in [-0.1, -0.05) is 0 Å². The van der Waals surface area contributed by atoms with Crippen molar-refractivity contribution in [2.24, 2.45) is 23.2 Å². The van der Waals surface area contributed by atoms with Crippen molar-refractivity contribution >= 4 is 11.6 Å². The number of nitrogens with zero attached hydrogens (tertiary/aromatic N) is 1. The van der Waals surface area contributed by atoms with Gasteiger partial charge < -0.3 is 20.1 Å². The fraction of sp³-hybridized carbons (Fsp3) is 0.731. The third kappa shape index (κ3) is 3.44. The number of carbonyl (C=O) groups is 1. The zero-order chi connectivity index (χ0) is 21.0. The summed E-state index contributed by atoms with van der Waals surface area (Å²) in [7, 11) is 0. The minimum absolute atomic E-state index is 0.195. The van der Waals surface area contributed by atoms with E-state index in [-0.39, 0.29) is 29.4 Å². The molecule has 6 aliphatic rings. The van der Waals surface area contributed by atoms with Gasteiger partial charge in [-0.05, 0) is 106 Å². The predicted molar refractivity (Wildman–Crippen MR) is 120 cm³/mol. The fourth-order valence-corrected chi connectivity index (χ4v) is 7.73. The van der Waals surface area contributed by atoms with Crippen molar-refractivity contribution in [2.45, 2.75) is 82.5 Å². The van der Waals surface area contributed by atoms with Gasteiger partial charge in [0, 0.05) is 24.8 Å². The standard InChI is InChI=1S/C26H36N2O3/c29-24-18-12-17-13-23(24)26(14-17,15-18)25(30)27-19-4-3-11-28(16-19)20-7-9-22(10-8-20)31-21-5-1-2-6-21/h7-10,17-19,21,23-24,29H,1-6,11-16H2,(H,27,30)/t17?,18?,19-,23?,24?,26?/m0/s1. The maximum Gasteiger partial charge on any atom is 0.226 e. The molecule has 1 aromatic rings. The Morgan fingerprint density at radius 3 is 2.68 bits per heavy atom. The van der Waals surface area contributed by atoms with Crippen LogP contribution in [0.5, 0.6) is 5.75 Å². The molecule has 5 heteroatoms. The van der Waals surface area contributed by atoms with Crippen LogP contribution in [0, 0.1) is 23.2 Å². The summed E-state index contributed by atoms with van der Waals surface area (Å²) in [5, 5.41) is 14.1. The SMILES string of the molecule is O=C(N[C@H]1CCCN(c2ccc(OC3CCCC3)cc2)C1)C12CC3CC(C1)C(O)C2C3. The normalized spacial score (nSPS) is 39.3. The molecule has 2 N–H and O–H groups in total. The average molecular weight is 425 g/mol. The van der Waals surface area contributed by atoms with Crippen LogP contribution in [-0.4, -0.2) is 42.4 Å². The molecule has 1 aromatic carbocycles. The Kier molecular flexibility index (Phi) is 4.93. The molecule has 0 aromatic heterocycles. The zero-order valence-corrected chi connectivity index (χ0v) is 18.5. The number of carbonyl (C=O) groups excluding carboxylic acids is 1. The first kappa shape index (κ1) is 19.9. The van der Waals surface area contributed by atoms with Crippen molar-refractivity contribution in [1.29, 1.82) is 0 Å². The van der Waals surface area contributed by atoms with Crippen LogP contribution >= 0.6 is 0 Å². The van der Waals surface area contributed by atoms with Gasteiger partial charge in [0.2, 0.25) is 5.91 Å². The number of hydrogen-bond donors (Lipinski definition) is 2. The van der Waals surface area contributed by atoms with Crippen LogP contribution in [0.4, 0.5) is 5.69 Å². The Balaban J connectivity index is 1.08. The van der Waals surface area contributed by atoms with Gasteiger partial charge in [0.05, 0.1) is 17.6 Å². The lowest BCUT2D eigenvalue weighted by Crippen LogP contribution is -2.52. The number of rotatable bonds is 5. The summed E-state index contributed by atoms with van der Waals surface area (Å²) in [5.41, 5.74) is 0.932. The van der Waals surface area contributed by atoms with Gasteiger partial charge in [0.25, 0.3) is 0 Å². The summed E-state index contributed by atoms with van der Waals surface area (Å²) in [6, 6.07) is 8.73. The third-order valence-corrected chi connectivity index (χ3v) is 9.12. The average Bonchev–Trinajstić information content (AvgIpc) is 3.43. The first-order chi connectivity index (χ1) is 15.1. The lowest BCUT2D eigenvalue weighted by atomic mass is 9.74. The second-order valence-electron chi connectivity index (χ2n) is 11.0. The van der Waals surface area contributed by atoms with Crippen molar-refractivity contribution in [3.8, 4) is 5.75 Å². The minimum atomic E-state index is -0.283. The van der Waals surface area contributed by atoms with Crippen LogP contribution in [0.3, 0.4) is 0 Å². The lowest BCUT2D eigenvalue weighted by molar-refractivity contribution is -0.134. The molecule has 7 rings (SSSR count). The number of amides is 1. The number of aliphatic hydroxyl groups excluding tert-OH is 1. The Bertz CT molecular complexity index is 820. The predicted octanol–water partition coefficient (Wildman–Crippen LogP) is 3.89. The minimum Gasteiger partial charge on any atom is -0.490 e. The highest BCUT2D eigenvalue weighted by Crippen LogP contribution is 2.65. The van der Waals surface area contributed by atoms with Crippen molar-refractivity contribution in [1.82, 2.24) is 5.32 Å². The molecule has 1 amide bonds. The number of hydrogen-bond acceptors (Lipinski definition) is 4. The highest BCUT2D eigenvalue weighted by molar-refractivity contribution is 5.84. The van der Waals surface area contributed by atoms with E-state index in [0.29, 0.717) is 17.9 Å². The molecule has 0 spiro atoms. The van der Waals surface area contributed by atoms with E-state index in [4.69, 9.17) is 4.74 Å². The summed E-state index contributed by atoms with van der Waals surface area (Å²) < 4.78 is 6.11. The fourth-order valence-electron chi connectivity index (χ4n) is 7.73. The quantitative estimate of drug-likeness (QED) is 0.753. The van der Waals surface area contributed by atoms with Gasteiger partial charge in [0.1, 0.15) is 5.75 Å². The van der Waals surface area contributed by atoms with Crippen LogP contribution in [0.2, 0.25) is 0 Å². The summed E-state index contributed by atoms with van der Waals surface area (Å²) in [4.78, 5) is 15.8. The molecular formula is C26H36N2O3. The Labute approximate surface area is 185 Å². The topological polar surface area (TPSA) is 61.8 Å². The molecule has 168 valence electrons. The molecule has 31 heavy (non-hydrogen) atoms. The molecule has 1 heterocycles. The summed E-state index contributed by atoms with van der Waals surface area (Å²) in [6.07, 6.45) is 11.3. The van der Waals surface area contributed by atoms with Gasteiger partial charge in [-0.25, -0.2) is 0 Å². The summed E-state index contributed by atoms with van der Waals surface area (Å²) >= 11 is 0. The molecule has 0 radical (unpaired) electrons. The van der Waals surface area contributed by atoms with Gasteiger partial charge in [-0.15, -0.1) is 0 Å². The smallest absolute Gasteiger partial charge is 0.226 e. The first-order valence-corrected chi connectivity index (χ1v) is 12.6. The number of aliphatic hydroxyl groups is 1. The van der Waals surface area contributed by atoms with Gasteiger partial charge in [-0.2, -0.15) is 0 Å². The van der Waals surface area contributed by atoms with Crippen molar-refractivity contribution in [2.75, 3.05) is 18.0 Å². The van der Waals surface area contributed by atoms with E-state index in [9.17, 15) is 9.90 Å². The van der Waals surface area contributed by atoms with E-state index in [1.807, 2.05) is 0 Å². The van der Waals surface area contributed by atoms with Crippen LogP contribution in [0.25, 0.3) is 0 Å².